The number of rotatable bonds is 4. The van der Waals surface area contributed by atoms with Crippen LogP contribution in [0.3, 0.4) is 0 Å². The summed E-state index contributed by atoms with van der Waals surface area (Å²) in [4.78, 5) is 0. The summed E-state index contributed by atoms with van der Waals surface area (Å²) in [7, 11) is -3.12. The summed E-state index contributed by atoms with van der Waals surface area (Å²) in [6.07, 6.45) is 2.07. The Morgan fingerprint density at radius 1 is 0.656 bits per heavy atom. The van der Waals surface area contributed by atoms with Crippen LogP contribution in [0.2, 0.25) is 0 Å². The number of hydrogen-bond acceptors (Lipinski definition) is 2. The molecule has 1 unspecified atom stereocenters. The number of aryl methyl sites for hydroxylation is 2. The highest BCUT2D eigenvalue weighted by molar-refractivity contribution is 7.79. The standard InChI is InChI=1S/C29H25O2P/c1-21-12-6-10-18-27(21)32(30,28-19-11-7-13-22(28)2)29-20-26(23-14-4-3-5-15-23)31-25-17-9-8-16-24(25)29/h3-20,29H,1-2H3. The van der Waals surface area contributed by atoms with Gasteiger partial charge in [0.15, 0.2) is 7.14 Å². The van der Waals surface area contributed by atoms with Gasteiger partial charge in [-0.3, -0.25) is 0 Å². The zero-order valence-electron chi connectivity index (χ0n) is 18.2. The topological polar surface area (TPSA) is 26.3 Å². The van der Waals surface area contributed by atoms with Gasteiger partial charge in [-0.2, -0.15) is 0 Å². The van der Waals surface area contributed by atoms with E-state index in [1.165, 1.54) is 0 Å². The zero-order chi connectivity index (χ0) is 22.1. The third-order valence-corrected chi connectivity index (χ3v) is 9.81. The molecule has 158 valence electrons. The summed E-state index contributed by atoms with van der Waals surface area (Å²) in [6, 6.07) is 34.2. The first-order valence-electron chi connectivity index (χ1n) is 10.8. The quantitative estimate of drug-likeness (QED) is 0.329. The molecule has 0 amide bonds. The van der Waals surface area contributed by atoms with Crippen LogP contribution in [0.4, 0.5) is 0 Å². The van der Waals surface area contributed by atoms with Crippen LogP contribution >= 0.6 is 7.14 Å². The minimum atomic E-state index is -3.12. The Morgan fingerprint density at radius 2 is 1.19 bits per heavy atom. The van der Waals surface area contributed by atoms with Crippen LogP contribution in [0.25, 0.3) is 5.76 Å². The van der Waals surface area contributed by atoms with Crippen molar-refractivity contribution in [3.8, 4) is 5.75 Å². The third-order valence-electron chi connectivity index (χ3n) is 6.16. The number of benzene rings is 4. The van der Waals surface area contributed by atoms with Crippen LogP contribution in [0.1, 0.15) is 27.9 Å². The van der Waals surface area contributed by atoms with E-state index in [-0.39, 0.29) is 5.66 Å². The smallest absolute Gasteiger partial charge is 0.154 e. The monoisotopic (exact) mass is 436 g/mol. The Balaban J connectivity index is 1.83. The molecule has 0 fully saturated rings. The highest BCUT2D eigenvalue weighted by Crippen LogP contribution is 2.62. The van der Waals surface area contributed by atoms with Gasteiger partial charge in [0, 0.05) is 21.7 Å². The van der Waals surface area contributed by atoms with E-state index in [0.717, 1.165) is 44.4 Å². The summed E-state index contributed by atoms with van der Waals surface area (Å²) in [5.74, 6) is 1.51. The van der Waals surface area contributed by atoms with E-state index >= 15 is 4.57 Å². The van der Waals surface area contributed by atoms with E-state index in [2.05, 4.69) is 6.08 Å². The number of ether oxygens (including phenoxy) is 1. The Labute approximate surface area is 189 Å². The van der Waals surface area contributed by atoms with E-state index in [4.69, 9.17) is 4.74 Å². The molecule has 0 bridgehead atoms. The van der Waals surface area contributed by atoms with Crippen LogP contribution in [0.15, 0.2) is 109 Å². The Hall–Kier alpha value is -3.35. The van der Waals surface area contributed by atoms with Gasteiger partial charge in [0.2, 0.25) is 0 Å². The lowest BCUT2D eigenvalue weighted by Crippen LogP contribution is -2.26. The molecule has 1 aliphatic heterocycles. The van der Waals surface area contributed by atoms with Crippen LogP contribution < -0.4 is 15.3 Å². The molecule has 0 aliphatic carbocycles. The second kappa shape index (κ2) is 8.30. The number of para-hydroxylation sites is 1. The molecule has 0 spiro atoms. The Bertz CT molecular complexity index is 1300. The molecule has 0 aromatic heterocycles. The Kier molecular flexibility index (Phi) is 5.33. The van der Waals surface area contributed by atoms with Crippen molar-refractivity contribution in [3.63, 3.8) is 0 Å². The van der Waals surface area contributed by atoms with Gasteiger partial charge in [-0.15, -0.1) is 0 Å². The van der Waals surface area contributed by atoms with Gasteiger partial charge in [0.1, 0.15) is 11.5 Å². The molecule has 3 heteroatoms. The highest BCUT2D eigenvalue weighted by Gasteiger charge is 2.41. The molecular weight excluding hydrogens is 411 g/mol. The third kappa shape index (κ3) is 3.42. The highest BCUT2D eigenvalue weighted by atomic mass is 31.2. The van der Waals surface area contributed by atoms with Crippen molar-refractivity contribution in [1.29, 1.82) is 0 Å². The summed E-state index contributed by atoms with van der Waals surface area (Å²) in [6.45, 7) is 4.10. The summed E-state index contributed by atoms with van der Waals surface area (Å²) < 4.78 is 21.8. The van der Waals surface area contributed by atoms with Crippen LogP contribution in [-0.2, 0) is 4.57 Å². The number of fused-ring (bicyclic) bond motifs is 1. The van der Waals surface area contributed by atoms with E-state index in [1.54, 1.807) is 0 Å². The second-order valence-electron chi connectivity index (χ2n) is 8.21. The molecule has 1 heterocycles. The molecule has 0 saturated carbocycles. The lowest BCUT2D eigenvalue weighted by atomic mass is 10.0. The largest absolute Gasteiger partial charge is 0.457 e. The fourth-order valence-electron chi connectivity index (χ4n) is 4.56. The average molecular weight is 436 g/mol. The normalized spacial score (nSPS) is 15.4. The Morgan fingerprint density at radius 3 is 1.81 bits per heavy atom. The summed E-state index contributed by atoms with van der Waals surface area (Å²) in [5.41, 5.74) is 3.69. The van der Waals surface area contributed by atoms with Crippen LogP contribution in [0, 0.1) is 13.8 Å². The van der Waals surface area contributed by atoms with Crippen molar-refractivity contribution in [2.45, 2.75) is 19.5 Å². The lowest BCUT2D eigenvalue weighted by Gasteiger charge is -2.33. The predicted molar refractivity (Wildman–Crippen MR) is 133 cm³/mol. The van der Waals surface area contributed by atoms with Crippen LogP contribution in [-0.4, -0.2) is 0 Å². The molecular formula is C29H25O2P. The van der Waals surface area contributed by atoms with Crippen molar-refractivity contribution in [2.75, 3.05) is 0 Å². The van der Waals surface area contributed by atoms with E-state index < -0.39 is 7.14 Å². The summed E-state index contributed by atoms with van der Waals surface area (Å²) >= 11 is 0. The maximum atomic E-state index is 15.5. The maximum absolute atomic E-state index is 15.5. The van der Waals surface area contributed by atoms with Crippen molar-refractivity contribution in [1.82, 2.24) is 0 Å². The van der Waals surface area contributed by atoms with Gasteiger partial charge in [0.05, 0.1) is 5.66 Å². The molecule has 5 rings (SSSR count). The second-order valence-corrected chi connectivity index (χ2v) is 11.0. The molecule has 0 N–H and O–H groups in total. The first-order chi connectivity index (χ1) is 15.6. The first kappa shape index (κ1) is 20.5. The molecule has 4 aromatic carbocycles. The van der Waals surface area contributed by atoms with Gasteiger partial charge >= 0.3 is 0 Å². The van der Waals surface area contributed by atoms with Crippen LogP contribution in [0.5, 0.6) is 5.75 Å². The van der Waals surface area contributed by atoms with E-state index in [0.29, 0.717) is 0 Å². The molecule has 1 aliphatic rings. The minimum Gasteiger partial charge on any atom is -0.457 e. The van der Waals surface area contributed by atoms with Crippen molar-refractivity contribution in [2.24, 2.45) is 0 Å². The van der Waals surface area contributed by atoms with E-state index in [9.17, 15) is 0 Å². The first-order valence-corrected chi connectivity index (χ1v) is 12.6. The minimum absolute atomic E-state index is 0.329. The molecule has 2 nitrogen and oxygen atoms in total. The molecule has 0 radical (unpaired) electrons. The van der Waals surface area contributed by atoms with Gasteiger partial charge in [-0.25, -0.2) is 0 Å². The maximum Gasteiger partial charge on any atom is 0.154 e. The van der Waals surface area contributed by atoms with Crippen molar-refractivity contribution in [3.05, 3.63) is 131 Å². The predicted octanol–water partition coefficient (Wildman–Crippen LogP) is 6.79. The van der Waals surface area contributed by atoms with Crippen molar-refractivity contribution >= 4 is 23.5 Å². The lowest BCUT2D eigenvalue weighted by molar-refractivity contribution is 0.494. The molecule has 4 aromatic rings. The van der Waals surface area contributed by atoms with E-state index in [1.807, 2.05) is 117 Å². The fraction of sp³-hybridized carbons (Fsp3) is 0.103. The SMILES string of the molecule is Cc1ccccc1P(=O)(c1ccccc1C)C1C=C(c2ccccc2)Oc2ccccc21. The van der Waals surface area contributed by atoms with Gasteiger partial charge in [0.25, 0.3) is 0 Å². The average Bonchev–Trinajstić information content (AvgIpc) is 2.84. The molecule has 0 saturated heterocycles. The van der Waals surface area contributed by atoms with Gasteiger partial charge < -0.3 is 9.30 Å². The summed E-state index contributed by atoms with van der Waals surface area (Å²) in [5, 5.41) is 1.80. The number of allylic oxidation sites excluding steroid dienone is 1. The van der Waals surface area contributed by atoms with Gasteiger partial charge in [-0.1, -0.05) is 97.1 Å². The molecule has 32 heavy (non-hydrogen) atoms. The zero-order valence-corrected chi connectivity index (χ0v) is 19.1. The fourth-order valence-corrected chi connectivity index (χ4v) is 8.18. The molecule has 1 atom stereocenters. The van der Waals surface area contributed by atoms with Crippen molar-refractivity contribution < 1.29 is 9.30 Å². The number of hydrogen-bond donors (Lipinski definition) is 0. The van der Waals surface area contributed by atoms with Gasteiger partial charge in [-0.05, 0) is 37.1 Å².